The number of rotatable bonds is 5. The van der Waals surface area contributed by atoms with Crippen molar-refractivity contribution in [1.82, 2.24) is 0 Å². The average Bonchev–Trinajstić information content (AvgIpc) is 2.50. The van der Waals surface area contributed by atoms with E-state index in [9.17, 15) is 19.3 Å². The standard InChI is InChI=1S/C16H15FN2O4/c1-10(2)16(20)18-11-3-6-13(7-4-11)23-15-8-5-12(19(21)22)9-14(15)17/h3-10H,1-2H3,(H,18,20). The Hall–Kier alpha value is -2.96. The zero-order chi connectivity index (χ0) is 17.0. The van der Waals surface area contributed by atoms with E-state index in [1.54, 1.807) is 38.1 Å². The minimum atomic E-state index is -0.823. The number of hydrogen-bond acceptors (Lipinski definition) is 4. The van der Waals surface area contributed by atoms with Crippen molar-refractivity contribution in [3.8, 4) is 11.5 Å². The predicted molar refractivity (Wildman–Crippen MR) is 83.0 cm³/mol. The van der Waals surface area contributed by atoms with E-state index in [0.717, 1.165) is 12.1 Å². The molecule has 0 aliphatic heterocycles. The molecule has 1 N–H and O–H groups in total. The van der Waals surface area contributed by atoms with Gasteiger partial charge in [-0.15, -0.1) is 0 Å². The summed E-state index contributed by atoms with van der Waals surface area (Å²) in [5, 5.41) is 13.3. The number of carbonyl (C=O) groups excluding carboxylic acids is 1. The van der Waals surface area contributed by atoms with Gasteiger partial charge < -0.3 is 10.1 Å². The molecule has 0 saturated carbocycles. The Balaban J connectivity index is 2.09. The fraction of sp³-hybridized carbons (Fsp3) is 0.188. The zero-order valence-electron chi connectivity index (χ0n) is 12.6. The average molecular weight is 318 g/mol. The molecule has 0 unspecified atom stereocenters. The number of hydrogen-bond donors (Lipinski definition) is 1. The largest absolute Gasteiger partial charge is 0.454 e. The molecule has 0 heterocycles. The lowest BCUT2D eigenvalue weighted by Crippen LogP contribution is -2.17. The highest BCUT2D eigenvalue weighted by molar-refractivity contribution is 5.92. The third kappa shape index (κ3) is 4.26. The van der Waals surface area contributed by atoms with Crippen LogP contribution in [0.3, 0.4) is 0 Å². The molecule has 0 aromatic heterocycles. The van der Waals surface area contributed by atoms with Crippen LogP contribution >= 0.6 is 0 Å². The number of nitrogens with zero attached hydrogens (tertiary/aromatic N) is 1. The van der Waals surface area contributed by atoms with Crippen molar-refractivity contribution in [1.29, 1.82) is 0 Å². The third-order valence-electron chi connectivity index (χ3n) is 3.00. The highest BCUT2D eigenvalue weighted by atomic mass is 19.1. The molecule has 23 heavy (non-hydrogen) atoms. The molecule has 0 spiro atoms. The lowest BCUT2D eigenvalue weighted by Gasteiger charge is -2.09. The summed E-state index contributed by atoms with van der Waals surface area (Å²) < 4.78 is 19.1. The summed E-state index contributed by atoms with van der Waals surface area (Å²) >= 11 is 0. The summed E-state index contributed by atoms with van der Waals surface area (Å²) in [6, 6.07) is 9.54. The normalized spacial score (nSPS) is 10.4. The molecule has 2 aromatic carbocycles. The topological polar surface area (TPSA) is 81.5 Å². The second-order valence-electron chi connectivity index (χ2n) is 5.14. The van der Waals surface area contributed by atoms with Gasteiger partial charge in [0.2, 0.25) is 5.91 Å². The van der Waals surface area contributed by atoms with Gasteiger partial charge >= 0.3 is 0 Å². The van der Waals surface area contributed by atoms with E-state index in [4.69, 9.17) is 4.74 Å². The molecule has 2 rings (SSSR count). The second kappa shape index (κ2) is 6.87. The monoisotopic (exact) mass is 318 g/mol. The number of non-ortho nitro benzene ring substituents is 1. The van der Waals surface area contributed by atoms with Gasteiger partial charge in [0.05, 0.1) is 11.0 Å². The molecule has 0 atom stereocenters. The van der Waals surface area contributed by atoms with E-state index >= 15 is 0 Å². The molecule has 0 radical (unpaired) electrons. The fourth-order valence-electron chi connectivity index (χ4n) is 1.71. The van der Waals surface area contributed by atoms with Crippen LogP contribution in [0.2, 0.25) is 0 Å². The van der Waals surface area contributed by atoms with Gasteiger partial charge in [0.15, 0.2) is 11.6 Å². The van der Waals surface area contributed by atoms with Gasteiger partial charge in [0.1, 0.15) is 5.75 Å². The van der Waals surface area contributed by atoms with E-state index in [0.29, 0.717) is 11.4 Å². The molecule has 1 amide bonds. The number of nitro benzene ring substituents is 1. The molecule has 0 aliphatic carbocycles. The van der Waals surface area contributed by atoms with E-state index in [-0.39, 0.29) is 23.3 Å². The Morgan fingerprint density at radius 1 is 1.22 bits per heavy atom. The quantitative estimate of drug-likeness (QED) is 0.664. The molecular weight excluding hydrogens is 303 g/mol. The minimum Gasteiger partial charge on any atom is -0.454 e. The highest BCUT2D eigenvalue weighted by Crippen LogP contribution is 2.28. The molecule has 7 heteroatoms. The van der Waals surface area contributed by atoms with Crippen LogP contribution in [-0.4, -0.2) is 10.8 Å². The second-order valence-corrected chi connectivity index (χ2v) is 5.14. The van der Waals surface area contributed by atoms with Gasteiger partial charge in [0.25, 0.3) is 5.69 Å². The highest BCUT2D eigenvalue weighted by Gasteiger charge is 2.12. The van der Waals surface area contributed by atoms with Crippen molar-refractivity contribution < 1.29 is 18.8 Å². The number of amides is 1. The van der Waals surface area contributed by atoms with Gasteiger partial charge in [-0.05, 0) is 30.3 Å². The Labute approximate surface area is 132 Å². The SMILES string of the molecule is CC(C)C(=O)Nc1ccc(Oc2ccc([N+](=O)[O-])cc2F)cc1. The number of nitrogens with one attached hydrogen (secondary N) is 1. The number of benzene rings is 2. The van der Waals surface area contributed by atoms with Gasteiger partial charge in [0, 0.05) is 17.7 Å². The van der Waals surface area contributed by atoms with E-state index < -0.39 is 10.7 Å². The summed E-state index contributed by atoms with van der Waals surface area (Å²) in [7, 11) is 0. The smallest absolute Gasteiger partial charge is 0.272 e. The first-order valence-corrected chi connectivity index (χ1v) is 6.89. The van der Waals surface area contributed by atoms with Gasteiger partial charge in [-0.2, -0.15) is 0 Å². The summed E-state index contributed by atoms with van der Waals surface area (Å²) in [6.45, 7) is 3.56. The Kier molecular flexibility index (Phi) is 4.90. The number of nitro groups is 1. The summed E-state index contributed by atoms with van der Waals surface area (Å²) in [5.74, 6) is -0.841. The van der Waals surface area contributed by atoms with Crippen molar-refractivity contribution in [3.63, 3.8) is 0 Å². The minimum absolute atomic E-state index is 0.111. The van der Waals surface area contributed by atoms with Crippen LogP contribution in [0.4, 0.5) is 15.8 Å². The number of ether oxygens (including phenoxy) is 1. The van der Waals surface area contributed by atoms with Crippen LogP contribution in [0.25, 0.3) is 0 Å². The van der Waals surface area contributed by atoms with Crippen molar-refractivity contribution in [2.75, 3.05) is 5.32 Å². The van der Waals surface area contributed by atoms with Crippen molar-refractivity contribution in [2.24, 2.45) is 5.92 Å². The first-order valence-electron chi connectivity index (χ1n) is 6.89. The maximum Gasteiger partial charge on any atom is 0.272 e. The number of carbonyl (C=O) groups is 1. The van der Waals surface area contributed by atoms with Crippen LogP contribution in [0.15, 0.2) is 42.5 Å². The fourth-order valence-corrected chi connectivity index (χ4v) is 1.71. The Morgan fingerprint density at radius 3 is 2.39 bits per heavy atom. The predicted octanol–water partition coefficient (Wildman–Crippen LogP) is 4.12. The lowest BCUT2D eigenvalue weighted by molar-refractivity contribution is -0.385. The van der Waals surface area contributed by atoms with Crippen LogP contribution in [0.1, 0.15) is 13.8 Å². The lowest BCUT2D eigenvalue weighted by atomic mass is 10.2. The third-order valence-corrected chi connectivity index (χ3v) is 3.00. The van der Waals surface area contributed by atoms with Crippen molar-refractivity contribution >= 4 is 17.3 Å². The van der Waals surface area contributed by atoms with Crippen LogP contribution in [0, 0.1) is 21.8 Å². The summed E-state index contributed by atoms with van der Waals surface area (Å²) in [5.41, 5.74) is 0.252. The van der Waals surface area contributed by atoms with Crippen LogP contribution < -0.4 is 10.1 Å². The van der Waals surface area contributed by atoms with E-state index in [2.05, 4.69) is 5.32 Å². The van der Waals surface area contributed by atoms with Crippen molar-refractivity contribution in [2.45, 2.75) is 13.8 Å². The molecule has 0 fully saturated rings. The van der Waals surface area contributed by atoms with E-state index in [1.807, 2.05) is 0 Å². The molecule has 0 aliphatic rings. The maximum absolute atomic E-state index is 13.7. The molecule has 0 saturated heterocycles. The van der Waals surface area contributed by atoms with Crippen LogP contribution in [0.5, 0.6) is 11.5 Å². The molecule has 120 valence electrons. The molecule has 2 aromatic rings. The van der Waals surface area contributed by atoms with Gasteiger partial charge in [-0.25, -0.2) is 4.39 Å². The first-order chi connectivity index (χ1) is 10.9. The Morgan fingerprint density at radius 2 is 1.87 bits per heavy atom. The number of halogens is 1. The Bertz CT molecular complexity index is 729. The van der Waals surface area contributed by atoms with Crippen LogP contribution in [-0.2, 0) is 4.79 Å². The molecule has 0 bridgehead atoms. The van der Waals surface area contributed by atoms with E-state index in [1.165, 1.54) is 6.07 Å². The van der Waals surface area contributed by atoms with Gasteiger partial charge in [-0.1, -0.05) is 13.8 Å². The maximum atomic E-state index is 13.7. The first kappa shape index (κ1) is 16.4. The summed E-state index contributed by atoms with van der Waals surface area (Å²) in [4.78, 5) is 21.5. The summed E-state index contributed by atoms with van der Waals surface area (Å²) in [6.07, 6.45) is 0. The number of anilines is 1. The van der Waals surface area contributed by atoms with Crippen molar-refractivity contribution in [3.05, 3.63) is 58.4 Å². The molecule has 6 nitrogen and oxygen atoms in total. The zero-order valence-corrected chi connectivity index (χ0v) is 12.6. The molecular formula is C16H15FN2O4. The van der Waals surface area contributed by atoms with Gasteiger partial charge in [-0.3, -0.25) is 14.9 Å².